The number of carbonyl (C=O) groups is 1. The van der Waals surface area contributed by atoms with Crippen molar-refractivity contribution in [2.75, 3.05) is 0 Å². The number of nitrogens with zero attached hydrogens (tertiary/aromatic N) is 2. The minimum Gasteiger partial charge on any atom is -0.267 e. The van der Waals surface area contributed by atoms with E-state index in [1.807, 2.05) is 6.07 Å². The van der Waals surface area contributed by atoms with Crippen molar-refractivity contribution in [3.05, 3.63) is 29.0 Å². The molecular formula is C7H6Cl2N2O. The van der Waals surface area contributed by atoms with Crippen LogP contribution >= 0.6 is 24.8 Å². The van der Waals surface area contributed by atoms with Gasteiger partial charge in [-0.05, 0) is 12.1 Å². The molecule has 0 unspecified atom stereocenters. The Balaban J connectivity index is 0.000000605. The Morgan fingerprint density at radius 1 is 1.25 bits per heavy atom. The van der Waals surface area contributed by atoms with E-state index in [2.05, 4.69) is 9.98 Å². The smallest absolute Gasteiger partial charge is 0.267 e. The van der Waals surface area contributed by atoms with E-state index in [9.17, 15) is 4.79 Å². The van der Waals surface area contributed by atoms with Crippen LogP contribution in [0.2, 0.25) is 0 Å². The highest BCUT2D eigenvalue weighted by Crippen LogP contribution is 1.79. The summed E-state index contributed by atoms with van der Waals surface area (Å²) in [7, 11) is 0. The number of rotatable bonds is 0. The van der Waals surface area contributed by atoms with Gasteiger partial charge in [-0.3, -0.25) is 4.79 Å². The average molecular weight is 205 g/mol. The number of fused-ring (bicyclic) bond motifs is 1. The maximum atomic E-state index is 10.6. The van der Waals surface area contributed by atoms with Crippen LogP contribution in [0.25, 0.3) is 6.08 Å². The van der Waals surface area contributed by atoms with Gasteiger partial charge in [-0.2, -0.15) is 4.99 Å². The molecule has 2 rings (SSSR count). The second-order valence-electron chi connectivity index (χ2n) is 2.01. The van der Waals surface area contributed by atoms with Gasteiger partial charge in [-0.25, -0.2) is 4.98 Å². The summed E-state index contributed by atoms with van der Waals surface area (Å²) in [6.45, 7) is 0. The van der Waals surface area contributed by atoms with Crippen LogP contribution in [0.1, 0.15) is 0 Å². The van der Waals surface area contributed by atoms with Crippen molar-refractivity contribution in [2.24, 2.45) is 4.99 Å². The van der Waals surface area contributed by atoms with E-state index in [1.165, 1.54) is 6.08 Å². The van der Waals surface area contributed by atoms with Crippen molar-refractivity contribution in [3.63, 3.8) is 0 Å². The summed E-state index contributed by atoms with van der Waals surface area (Å²) < 4.78 is 0. The lowest BCUT2D eigenvalue weighted by molar-refractivity contribution is -0.112. The third-order valence-electron chi connectivity index (χ3n) is 1.31. The average Bonchev–Trinajstić information content (AvgIpc) is 2.27. The van der Waals surface area contributed by atoms with Crippen molar-refractivity contribution in [2.45, 2.75) is 0 Å². The predicted molar refractivity (Wildman–Crippen MR) is 49.0 cm³/mol. The summed E-state index contributed by atoms with van der Waals surface area (Å²) in [5.74, 6) is -0.214. The van der Waals surface area contributed by atoms with Gasteiger partial charge in [-0.1, -0.05) is 0 Å². The summed E-state index contributed by atoms with van der Waals surface area (Å²) in [6, 6.07) is 3.60. The lowest BCUT2D eigenvalue weighted by atomic mass is 10.4. The molecule has 3 nitrogen and oxygen atoms in total. The molecule has 0 saturated carbocycles. The molecule has 0 aromatic carbocycles. The Kier molecular flexibility index (Phi) is 3.86. The van der Waals surface area contributed by atoms with Gasteiger partial charge in [0.2, 0.25) is 0 Å². The van der Waals surface area contributed by atoms with Crippen LogP contribution in [0.15, 0.2) is 23.3 Å². The third kappa shape index (κ3) is 1.81. The van der Waals surface area contributed by atoms with Crippen molar-refractivity contribution < 1.29 is 4.79 Å². The molecule has 12 heavy (non-hydrogen) atoms. The van der Waals surface area contributed by atoms with E-state index >= 15 is 0 Å². The molecular weight excluding hydrogens is 199 g/mol. The largest absolute Gasteiger partial charge is 0.272 e. The Hall–Kier alpha value is -0.930. The molecule has 0 fully saturated rings. The number of hydrogen-bond donors (Lipinski definition) is 0. The van der Waals surface area contributed by atoms with Crippen molar-refractivity contribution in [1.29, 1.82) is 0 Å². The Morgan fingerprint density at radius 2 is 2.00 bits per heavy atom. The normalized spacial score (nSPS) is 11.5. The third-order valence-corrected chi connectivity index (χ3v) is 1.31. The first-order chi connectivity index (χ1) is 4.86. The topological polar surface area (TPSA) is 42.3 Å². The second kappa shape index (κ2) is 4.18. The zero-order chi connectivity index (χ0) is 6.97. The predicted octanol–water partition coefficient (Wildman–Crippen LogP) is -0.134. The fourth-order valence-corrected chi connectivity index (χ4v) is 0.885. The van der Waals surface area contributed by atoms with Crippen LogP contribution in [0.5, 0.6) is 0 Å². The summed E-state index contributed by atoms with van der Waals surface area (Å²) in [5, 5.41) is 0.813. The number of halogens is 2. The number of hydrogen-bond acceptors (Lipinski definition) is 2. The fraction of sp³-hybridized carbons (Fsp3) is 0. The maximum Gasteiger partial charge on any atom is 0.272 e. The molecule has 1 aliphatic rings. The minimum atomic E-state index is -0.214. The first-order valence-corrected chi connectivity index (χ1v) is 2.92. The van der Waals surface area contributed by atoms with Crippen molar-refractivity contribution in [1.82, 2.24) is 4.98 Å². The minimum absolute atomic E-state index is 0. The van der Waals surface area contributed by atoms with Gasteiger partial charge < -0.3 is 0 Å². The SMILES string of the molecule is Cl.Cl.O=C1C=c2cccnc2=N1. The highest BCUT2D eigenvalue weighted by Gasteiger charge is 2.00. The number of pyridine rings is 1. The van der Waals surface area contributed by atoms with E-state index in [1.54, 1.807) is 12.3 Å². The van der Waals surface area contributed by atoms with Gasteiger partial charge in [-0.15, -0.1) is 24.8 Å². The molecule has 5 heteroatoms. The molecule has 0 N–H and O–H groups in total. The van der Waals surface area contributed by atoms with E-state index in [0.717, 1.165) is 5.22 Å². The summed E-state index contributed by atoms with van der Waals surface area (Å²) in [5.41, 5.74) is 0.535. The Bertz CT molecular complexity index is 365. The van der Waals surface area contributed by atoms with E-state index < -0.39 is 0 Å². The molecule has 1 aromatic rings. The highest BCUT2D eigenvalue weighted by atomic mass is 35.5. The number of amides is 1. The second-order valence-corrected chi connectivity index (χ2v) is 2.01. The van der Waals surface area contributed by atoms with Crippen LogP contribution in [0.3, 0.4) is 0 Å². The zero-order valence-corrected chi connectivity index (χ0v) is 7.56. The number of carbonyl (C=O) groups excluding carboxylic acids is 1. The first kappa shape index (κ1) is 11.1. The molecule has 1 aliphatic heterocycles. The molecule has 64 valence electrons. The fourth-order valence-electron chi connectivity index (χ4n) is 0.885. The molecule has 1 aromatic heterocycles. The lowest BCUT2D eigenvalue weighted by Gasteiger charge is -1.76. The van der Waals surface area contributed by atoms with Crippen molar-refractivity contribution in [3.8, 4) is 0 Å². The number of aromatic nitrogens is 1. The van der Waals surface area contributed by atoms with Crippen molar-refractivity contribution >= 4 is 36.8 Å². The summed E-state index contributed by atoms with van der Waals surface area (Å²) in [6.07, 6.45) is 3.09. The van der Waals surface area contributed by atoms with Crippen LogP contribution < -0.4 is 10.7 Å². The van der Waals surface area contributed by atoms with Gasteiger partial charge in [0.1, 0.15) is 0 Å². The van der Waals surface area contributed by atoms with E-state index in [0.29, 0.717) is 5.49 Å². The van der Waals surface area contributed by atoms with Gasteiger partial charge in [0, 0.05) is 17.5 Å². The van der Waals surface area contributed by atoms with E-state index in [-0.39, 0.29) is 30.7 Å². The standard InChI is InChI=1S/C7H4N2O.2ClH/c10-6-4-5-2-1-3-8-7(5)9-6;;/h1-4H;2*1H. The first-order valence-electron chi connectivity index (χ1n) is 2.92. The lowest BCUT2D eigenvalue weighted by Crippen LogP contribution is -2.23. The monoisotopic (exact) mass is 204 g/mol. The van der Waals surface area contributed by atoms with Crippen LogP contribution in [0.4, 0.5) is 0 Å². The Morgan fingerprint density at radius 3 is 2.67 bits per heavy atom. The maximum absolute atomic E-state index is 10.6. The quantitative estimate of drug-likeness (QED) is 0.591. The molecule has 0 atom stereocenters. The van der Waals surface area contributed by atoms with Gasteiger partial charge in [0.15, 0.2) is 5.49 Å². The Labute approximate surface area is 81.0 Å². The molecule has 0 radical (unpaired) electrons. The summed E-state index contributed by atoms with van der Waals surface area (Å²) >= 11 is 0. The molecule has 1 amide bonds. The van der Waals surface area contributed by atoms with Gasteiger partial charge in [0.05, 0.1) is 0 Å². The zero-order valence-electron chi connectivity index (χ0n) is 5.93. The molecule has 0 bridgehead atoms. The van der Waals surface area contributed by atoms with Crippen LogP contribution in [-0.2, 0) is 4.79 Å². The molecule has 2 heterocycles. The molecule has 0 saturated heterocycles. The van der Waals surface area contributed by atoms with E-state index in [4.69, 9.17) is 0 Å². The van der Waals surface area contributed by atoms with Gasteiger partial charge >= 0.3 is 0 Å². The van der Waals surface area contributed by atoms with Crippen LogP contribution in [0, 0.1) is 0 Å². The highest BCUT2D eigenvalue weighted by molar-refractivity contribution is 6.06. The van der Waals surface area contributed by atoms with Crippen LogP contribution in [-0.4, -0.2) is 10.9 Å². The summed E-state index contributed by atoms with van der Waals surface area (Å²) in [4.78, 5) is 18.2. The molecule has 0 spiro atoms. The molecule has 0 aliphatic carbocycles. The van der Waals surface area contributed by atoms with Gasteiger partial charge in [0.25, 0.3) is 5.91 Å².